The number of halogens is 1. The molecule has 17 heavy (non-hydrogen) atoms. The van der Waals surface area contributed by atoms with Crippen LogP contribution in [0.1, 0.15) is 23.7 Å². The number of benzene rings is 1. The van der Waals surface area contributed by atoms with E-state index in [0.717, 1.165) is 9.99 Å². The van der Waals surface area contributed by atoms with Crippen LogP contribution in [0.5, 0.6) is 0 Å². The predicted molar refractivity (Wildman–Crippen MR) is 74.8 cm³/mol. The molecule has 1 aromatic rings. The molecule has 0 fully saturated rings. The van der Waals surface area contributed by atoms with E-state index in [1.54, 1.807) is 12.1 Å². The molecule has 4 nitrogen and oxygen atoms in total. The molecule has 0 aliphatic rings. The second kappa shape index (κ2) is 7.26. The standard InChI is InChI=1S/C12H15IN2O2/c1-9(16)14-7-2-8-15-12(17)10-3-5-11(13)6-4-10/h3-6H,2,7-8H2,1H3,(H,14,16)(H,15,17). The molecule has 0 aromatic heterocycles. The molecule has 5 heteroatoms. The number of hydrogen-bond acceptors (Lipinski definition) is 2. The third kappa shape index (κ3) is 5.67. The summed E-state index contributed by atoms with van der Waals surface area (Å²) in [5.74, 6) is -0.127. The molecule has 0 saturated carbocycles. The van der Waals surface area contributed by atoms with Crippen LogP contribution in [0.3, 0.4) is 0 Å². The molecule has 0 bridgehead atoms. The first-order valence-electron chi connectivity index (χ1n) is 5.38. The van der Waals surface area contributed by atoms with E-state index in [1.165, 1.54) is 6.92 Å². The Labute approximate surface area is 114 Å². The van der Waals surface area contributed by atoms with Crippen LogP contribution < -0.4 is 10.6 Å². The highest BCUT2D eigenvalue weighted by Crippen LogP contribution is 2.06. The number of nitrogens with one attached hydrogen (secondary N) is 2. The number of carbonyl (C=O) groups is 2. The van der Waals surface area contributed by atoms with Gasteiger partial charge >= 0.3 is 0 Å². The van der Waals surface area contributed by atoms with Crippen LogP contribution in [0.15, 0.2) is 24.3 Å². The zero-order chi connectivity index (χ0) is 12.7. The van der Waals surface area contributed by atoms with Crippen LogP contribution in [0.4, 0.5) is 0 Å². The van der Waals surface area contributed by atoms with Crippen molar-refractivity contribution in [2.24, 2.45) is 0 Å². The van der Waals surface area contributed by atoms with Crippen LogP contribution in [0.25, 0.3) is 0 Å². The lowest BCUT2D eigenvalue weighted by atomic mass is 10.2. The fraction of sp³-hybridized carbons (Fsp3) is 0.333. The van der Waals surface area contributed by atoms with Gasteiger partial charge in [0.1, 0.15) is 0 Å². The Morgan fingerprint density at radius 2 is 1.71 bits per heavy atom. The molecule has 2 amide bonds. The van der Waals surface area contributed by atoms with Crippen molar-refractivity contribution in [2.75, 3.05) is 13.1 Å². The number of amides is 2. The Balaban J connectivity index is 2.25. The lowest BCUT2D eigenvalue weighted by molar-refractivity contribution is -0.118. The monoisotopic (exact) mass is 346 g/mol. The lowest BCUT2D eigenvalue weighted by Crippen LogP contribution is -2.28. The van der Waals surface area contributed by atoms with Gasteiger partial charge in [0.25, 0.3) is 5.91 Å². The molecule has 2 N–H and O–H groups in total. The average Bonchev–Trinajstić information content (AvgIpc) is 2.29. The smallest absolute Gasteiger partial charge is 0.251 e. The van der Waals surface area contributed by atoms with Gasteiger partial charge in [-0.1, -0.05) is 0 Å². The number of rotatable bonds is 5. The van der Waals surface area contributed by atoms with Crippen molar-refractivity contribution >= 4 is 34.4 Å². The summed E-state index contributed by atoms with van der Waals surface area (Å²) in [6, 6.07) is 7.38. The van der Waals surface area contributed by atoms with E-state index >= 15 is 0 Å². The zero-order valence-electron chi connectivity index (χ0n) is 9.63. The maximum absolute atomic E-state index is 11.7. The van der Waals surface area contributed by atoms with Gasteiger partial charge in [0.2, 0.25) is 5.91 Å². The molecule has 92 valence electrons. The van der Waals surface area contributed by atoms with Crippen LogP contribution >= 0.6 is 22.6 Å². The molecule has 0 aliphatic carbocycles. The molecule has 0 unspecified atom stereocenters. The summed E-state index contributed by atoms with van der Waals surface area (Å²) < 4.78 is 1.10. The Morgan fingerprint density at radius 3 is 2.29 bits per heavy atom. The third-order valence-electron chi connectivity index (χ3n) is 2.12. The first-order valence-corrected chi connectivity index (χ1v) is 6.45. The second-order valence-corrected chi connectivity index (χ2v) is 4.84. The molecule has 0 radical (unpaired) electrons. The summed E-state index contributed by atoms with van der Waals surface area (Å²) in [6.45, 7) is 2.62. The van der Waals surface area contributed by atoms with E-state index in [2.05, 4.69) is 33.2 Å². The van der Waals surface area contributed by atoms with Gasteiger partial charge in [-0.2, -0.15) is 0 Å². The van der Waals surface area contributed by atoms with E-state index in [0.29, 0.717) is 18.7 Å². The highest BCUT2D eigenvalue weighted by molar-refractivity contribution is 14.1. The quantitative estimate of drug-likeness (QED) is 0.628. The van der Waals surface area contributed by atoms with Crippen molar-refractivity contribution in [1.29, 1.82) is 0 Å². The van der Waals surface area contributed by atoms with Gasteiger partial charge in [-0.05, 0) is 53.3 Å². The summed E-state index contributed by atoms with van der Waals surface area (Å²) >= 11 is 2.19. The fourth-order valence-corrected chi connectivity index (χ4v) is 1.62. The topological polar surface area (TPSA) is 58.2 Å². The van der Waals surface area contributed by atoms with Gasteiger partial charge in [-0.3, -0.25) is 9.59 Å². The molecular formula is C12H15IN2O2. The minimum atomic E-state index is -0.0794. The molecule has 1 rings (SSSR count). The first kappa shape index (κ1) is 14.0. The second-order valence-electron chi connectivity index (χ2n) is 3.60. The van der Waals surface area contributed by atoms with Crippen LogP contribution in [-0.2, 0) is 4.79 Å². The third-order valence-corrected chi connectivity index (χ3v) is 2.84. The fourth-order valence-electron chi connectivity index (χ4n) is 1.26. The molecule has 0 aliphatic heterocycles. The van der Waals surface area contributed by atoms with Crippen LogP contribution in [-0.4, -0.2) is 24.9 Å². The molecule has 0 heterocycles. The summed E-state index contributed by atoms with van der Waals surface area (Å²) in [7, 11) is 0. The normalized spacial score (nSPS) is 9.76. The van der Waals surface area contributed by atoms with Gasteiger partial charge < -0.3 is 10.6 Å². The predicted octanol–water partition coefficient (Wildman–Crippen LogP) is 1.55. The van der Waals surface area contributed by atoms with Gasteiger partial charge in [-0.25, -0.2) is 0 Å². The summed E-state index contributed by atoms with van der Waals surface area (Å²) in [6.07, 6.45) is 0.732. The Morgan fingerprint density at radius 1 is 1.12 bits per heavy atom. The molecule has 0 saturated heterocycles. The van der Waals surface area contributed by atoms with Gasteiger partial charge in [0, 0.05) is 29.1 Å². The maximum Gasteiger partial charge on any atom is 0.251 e. The van der Waals surface area contributed by atoms with Crippen molar-refractivity contribution < 1.29 is 9.59 Å². The number of hydrogen-bond donors (Lipinski definition) is 2. The Bertz CT molecular complexity index is 390. The van der Waals surface area contributed by atoms with Crippen molar-refractivity contribution in [3.8, 4) is 0 Å². The zero-order valence-corrected chi connectivity index (χ0v) is 11.8. The largest absolute Gasteiger partial charge is 0.356 e. The van der Waals surface area contributed by atoms with Gasteiger partial charge in [-0.15, -0.1) is 0 Å². The van der Waals surface area contributed by atoms with E-state index in [4.69, 9.17) is 0 Å². The Hall–Kier alpha value is -1.11. The van der Waals surface area contributed by atoms with Gasteiger partial charge in [0.15, 0.2) is 0 Å². The summed E-state index contributed by atoms with van der Waals surface area (Å²) in [5, 5.41) is 5.47. The SMILES string of the molecule is CC(=O)NCCCNC(=O)c1ccc(I)cc1. The van der Waals surface area contributed by atoms with Crippen molar-refractivity contribution in [3.63, 3.8) is 0 Å². The first-order chi connectivity index (χ1) is 8.09. The summed E-state index contributed by atoms with van der Waals surface area (Å²) in [5.41, 5.74) is 0.657. The van der Waals surface area contributed by atoms with E-state index in [1.807, 2.05) is 12.1 Å². The van der Waals surface area contributed by atoms with Crippen molar-refractivity contribution in [1.82, 2.24) is 10.6 Å². The Kier molecular flexibility index (Phi) is 5.96. The molecule has 0 atom stereocenters. The van der Waals surface area contributed by atoms with Crippen LogP contribution in [0.2, 0.25) is 0 Å². The number of carbonyl (C=O) groups excluding carboxylic acids is 2. The van der Waals surface area contributed by atoms with E-state index in [-0.39, 0.29) is 11.8 Å². The minimum absolute atomic E-state index is 0.0473. The lowest BCUT2D eigenvalue weighted by Gasteiger charge is -2.05. The van der Waals surface area contributed by atoms with E-state index < -0.39 is 0 Å². The highest BCUT2D eigenvalue weighted by atomic mass is 127. The van der Waals surface area contributed by atoms with Crippen LogP contribution in [0, 0.1) is 3.57 Å². The minimum Gasteiger partial charge on any atom is -0.356 e. The molecule has 1 aromatic carbocycles. The molecular weight excluding hydrogens is 331 g/mol. The average molecular weight is 346 g/mol. The highest BCUT2D eigenvalue weighted by Gasteiger charge is 2.03. The summed E-state index contributed by atoms with van der Waals surface area (Å²) in [4.78, 5) is 22.2. The van der Waals surface area contributed by atoms with Crippen molar-refractivity contribution in [3.05, 3.63) is 33.4 Å². The van der Waals surface area contributed by atoms with Crippen molar-refractivity contribution in [2.45, 2.75) is 13.3 Å². The van der Waals surface area contributed by atoms with E-state index in [9.17, 15) is 9.59 Å². The van der Waals surface area contributed by atoms with Gasteiger partial charge in [0.05, 0.1) is 0 Å². The molecule has 0 spiro atoms. The maximum atomic E-state index is 11.7.